The molecular weight excluding hydrogens is 426 g/mol. The van der Waals surface area contributed by atoms with Crippen LogP contribution in [-0.2, 0) is 4.79 Å². The minimum Gasteiger partial charge on any atom is -0.493 e. The summed E-state index contributed by atoms with van der Waals surface area (Å²) in [4.78, 5) is 29.8. The number of rotatable bonds is 6. The molecule has 0 N–H and O–H groups in total. The molecule has 2 aliphatic heterocycles. The first-order chi connectivity index (χ1) is 16.0. The molecule has 0 saturated carbocycles. The third kappa shape index (κ3) is 5.70. The quantitative estimate of drug-likeness (QED) is 0.635. The van der Waals surface area contributed by atoms with Crippen LogP contribution in [0.4, 0.5) is 8.78 Å². The molecule has 176 valence electrons. The van der Waals surface area contributed by atoms with Gasteiger partial charge in [-0.15, -0.1) is 0 Å². The van der Waals surface area contributed by atoms with Gasteiger partial charge in [0.25, 0.3) is 5.91 Å². The maximum Gasteiger partial charge on any atom is 0.256 e. The third-order valence-corrected chi connectivity index (χ3v) is 6.65. The topological polar surface area (TPSA) is 49.9 Å². The SMILES string of the molecule is O=C(C[C@@]1(COc2ccc(F)cc2)CCCN(C(=O)c2ccccc2F)C1)N1CCCCC1. The number of nitrogens with zero attached hydrogens (tertiary/aromatic N) is 2. The molecule has 33 heavy (non-hydrogen) atoms. The van der Waals surface area contributed by atoms with Gasteiger partial charge in [-0.3, -0.25) is 9.59 Å². The number of hydrogen-bond donors (Lipinski definition) is 0. The van der Waals surface area contributed by atoms with Crippen LogP contribution < -0.4 is 4.74 Å². The predicted molar refractivity (Wildman–Crippen MR) is 121 cm³/mol. The number of carbonyl (C=O) groups excluding carboxylic acids is 2. The van der Waals surface area contributed by atoms with Gasteiger partial charge in [0.1, 0.15) is 17.4 Å². The van der Waals surface area contributed by atoms with Crippen molar-refractivity contribution in [3.05, 3.63) is 65.7 Å². The Balaban J connectivity index is 1.54. The minimum atomic E-state index is -0.595. The molecule has 2 saturated heterocycles. The molecule has 2 aromatic carbocycles. The molecule has 0 spiro atoms. The van der Waals surface area contributed by atoms with E-state index in [4.69, 9.17) is 4.74 Å². The zero-order valence-electron chi connectivity index (χ0n) is 18.8. The molecule has 0 aliphatic carbocycles. The van der Waals surface area contributed by atoms with Crippen LogP contribution in [-0.4, -0.2) is 54.4 Å². The van der Waals surface area contributed by atoms with Crippen LogP contribution in [0.3, 0.4) is 0 Å². The molecule has 1 atom stereocenters. The Hall–Kier alpha value is -2.96. The van der Waals surface area contributed by atoms with E-state index in [1.807, 2.05) is 4.90 Å². The average molecular weight is 457 g/mol. The Labute approximate surface area is 193 Å². The van der Waals surface area contributed by atoms with Crippen LogP contribution in [0.15, 0.2) is 48.5 Å². The first kappa shape index (κ1) is 23.2. The van der Waals surface area contributed by atoms with Crippen LogP contribution in [0.25, 0.3) is 0 Å². The van der Waals surface area contributed by atoms with Crippen molar-refractivity contribution >= 4 is 11.8 Å². The van der Waals surface area contributed by atoms with Gasteiger partial charge in [-0.05, 0) is 68.5 Å². The number of halogens is 2. The van der Waals surface area contributed by atoms with Crippen molar-refractivity contribution in [1.29, 1.82) is 0 Å². The fourth-order valence-corrected chi connectivity index (χ4v) is 4.84. The monoisotopic (exact) mass is 456 g/mol. The molecule has 0 radical (unpaired) electrons. The number of piperidine rings is 2. The second kappa shape index (κ2) is 10.3. The van der Waals surface area contributed by atoms with Gasteiger partial charge in [0.05, 0.1) is 12.2 Å². The fraction of sp³-hybridized carbons (Fsp3) is 0.462. The van der Waals surface area contributed by atoms with Crippen molar-refractivity contribution in [1.82, 2.24) is 9.80 Å². The Morgan fingerprint density at radius 1 is 0.879 bits per heavy atom. The highest BCUT2D eigenvalue weighted by Crippen LogP contribution is 2.36. The van der Waals surface area contributed by atoms with Gasteiger partial charge in [0, 0.05) is 38.0 Å². The van der Waals surface area contributed by atoms with Gasteiger partial charge in [-0.2, -0.15) is 0 Å². The van der Waals surface area contributed by atoms with Crippen LogP contribution in [0.2, 0.25) is 0 Å². The number of carbonyl (C=O) groups is 2. The smallest absolute Gasteiger partial charge is 0.256 e. The Bertz CT molecular complexity index is 976. The predicted octanol–water partition coefficient (Wildman–Crippen LogP) is 4.67. The largest absolute Gasteiger partial charge is 0.493 e. The normalized spacial score (nSPS) is 21.0. The summed E-state index contributed by atoms with van der Waals surface area (Å²) in [5, 5.41) is 0. The summed E-state index contributed by atoms with van der Waals surface area (Å²) < 4.78 is 33.6. The Kier molecular flexibility index (Phi) is 7.26. The van der Waals surface area contributed by atoms with E-state index in [0.29, 0.717) is 25.3 Å². The number of hydrogen-bond acceptors (Lipinski definition) is 3. The maximum absolute atomic E-state index is 14.3. The van der Waals surface area contributed by atoms with Gasteiger partial charge in [0.15, 0.2) is 0 Å². The highest BCUT2D eigenvalue weighted by atomic mass is 19.1. The molecule has 0 bridgehead atoms. The first-order valence-corrected chi connectivity index (χ1v) is 11.7. The van der Waals surface area contributed by atoms with E-state index in [2.05, 4.69) is 0 Å². The van der Waals surface area contributed by atoms with E-state index < -0.39 is 11.2 Å². The lowest BCUT2D eigenvalue weighted by Crippen LogP contribution is -2.51. The molecule has 2 aliphatic rings. The van der Waals surface area contributed by atoms with Gasteiger partial charge in [0.2, 0.25) is 5.91 Å². The van der Waals surface area contributed by atoms with E-state index in [1.165, 1.54) is 24.3 Å². The molecule has 2 aromatic rings. The molecule has 4 rings (SSSR count). The molecule has 2 fully saturated rings. The summed E-state index contributed by atoms with van der Waals surface area (Å²) in [7, 11) is 0. The van der Waals surface area contributed by atoms with Gasteiger partial charge < -0.3 is 14.5 Å². The maximum atomic E-state index is 14.3. The van der Waals surface area contributed by atoms with Gasteiger partial charge >= 0.3 is 0 Å². The second-order valence-corrected chi connectivity index (χ2v) is 9.17. The highest BCUT2D eigenvalue weighted by molar-refractivity contribution is 5.94. The molecule has 0 unspecified atom stereocenters. The fourth-order valence-electron chi connectivity index (χ4n) is 4.84. The summed E-state index contributed by atoms with van der Waals surface area (Å²) in [6.07, 6.45) is 4.81. The van der Waals surface area contributed by atoms with Crippen LogP contribution in [0.5, 0.6) is 5.75 Å². The summed E-state index contributed by atoms with van der Waals surface area (Å²) in [6, 6.07) is 11.7. The van der Waals surface area contributed by atoms with E-state index in [0.717, 1.165) is 38.8 Å². The standard InChI is InChI=1S/C26H30F2N2O3/c27-20-9-11-21(12-10-20)33-19-26(17-24(31)29-14-4-1-5-15-29)13-6-16-30(18-26)25(32)22-7-2-3-8-23(22)28/h2-3,7-12H,1,4-6,13-19H2/t26-/m0/s1. The summed E-state index contributed by atoms with van der Waals surface area (Å²) >= 11 is 0. The number of benzene rings is 2. The summed E-state index contributed by atoms with van der Waals surface area (Å²) in [5.41, 5.74) is -0.558. The van der Waals surface area contributed by atoms with Crippen molar-refractivity contribution < 1.29 is 23.1 Å². The van der Waals surface area contributed by atoms with Crippen LogP contribution >= 0.6 is 0 Å². The molecule has 0 aromatic heterocycles. The lowest BCUT2D eigenvalue weighted by Gasteiger charge is -2.43. The lowest BCUT2D eigenvalue weighted by atomic mass is 9.77. The average Bonchev–Trinajstić information content (AvgIpc) is 2.84. The molecule has 7 heteroatoms. The number of amides is 2. The molecular formula is C26H30F2N2O3. The van der Waals surface area contributed by atoms with Crippen LogP contribution in [0.1, 0.15) is 48.9 Å². The Morgan fingerprint density at radius 3 is 2.30 bits per heavy atom. The molecule has 2 heterocycles. The zero-order valence-corrected chi connectivity index (χ0v) is 18.8. The zero-order chi connectivity index (χ0) is 23.3. The third-order valence-electron chi connectivity index (χ3n) is 6.65. The number of ether oxygens (including phenoxy) is 1. The van der Waals surface area contributed by atoms with E-state index in [-0.39, 0.29) is 36.2 Å². The van der Waals surface area contributed by atoms with E-state index in [1.54, 1.807) is 29.2 Å². The summed E-state index contributed by atoms with van der Waals surface area (Å²) in [5.74, 6) is -0.692. The molecule has 2 amide bonds. The van der Waals surface area contributed by atoms with Crippen molar-refractivity contribution in [3.63, 3.8) is 0 Å². The van der Waals surface area contributed by atoms with Crippen molar-refractivity contribution in [3.8, 4) is 5.75 Å². The summed E-state index contributed by atoms with van der Waals surface area (Å²) in [6.45, 7) is 2.54. The van der Waals surface area contributed by atoms with Crippen molar-refractivity contribution in [2.75, 3.05) is 32.8 Å². The first-order valence-electron chi connectivity index (χ1n) is 11.7. The Morgan fingerprint density at radius 2 is 1.58 bits per heavy atom. The second-order valence-electron chi connectivity index (χ2n) is 9.17. The van der Waals surface area contributed by atoms with Gasteiger partial charge in [-0.25, -0.2) is 8.78 Å². The highest BCUT2D eigenvalue weighted by Gasteiger charge is 2.41. The van der Waals surface area contributed by atoms with Crippen molar-refractivity contribution in [2.45, 2.75) is 38.5 Å². The van der Waals surface area contributed by atoms with Gasteiger partial charge in [-0.1, -0.05) is 12.1 Å². The lowest BCUT2D eigenvalue weighted by molar-refractivity contribution is -0.136. The van der Waals surface area contributed by atoms with Crippen LogP contribution in [0, 0.1) is 17.0 Å². The van der Waals surface area contributed by atoms with E-state index in [9.17, 15) is 18.4 Å². The van der Waals surface area contributed by atoms with E-state index >= 15 is 0 Å². The number of likely N-dealkylation sites (tertiary alicyclic amines) is 2. The minimum absolute atomic E-state index is 0.0371. The molecule has 5 nitrogen and oxygen atoms in total. The van der Waals surface area contributed by atoms with Crippen molar-refractivity contribution in [2.24, 2.45) is 5.41 Å².